The number of hydrogen-bond donors (Lipinski definition) is 1. The zero-order valence-corrected chi connectivity index (χ0v) is 13.5. The number of amides is 2. The van der Waals surface area contributed by atoms with Crippen molar-refractivity contribution in [3.8, 4) is 11.5 Å². The third kappa shape index (κ3) is 4.43. The monoisotopic (exact) mass is 334 g/mol. The van der Waals surface area contributed by atoms with Gasteiger partial charge in [-0.2, -0.15) is 4.99 Å². The standard InChI is InChI=1S/C15H14N2O5S/c1-8(18)16-15-17-14(20)13(23-15)7-10-4-5-11(21-3)12(6-10)22-9(2)19/h4-7H,1-3H3,(H,16,17,18,20)/b13-7+. The Morgan fingerprint density at radius 1 is 1.26 bits per heavy atom. The van der Waals surface area contributed by atoms with Crippen LogP contribution in [0.15, 0.2) is 28.1 Å². The van der Waals surface area contributed by atoms with E-state index in [1.54, 1.807) is 24.3 Å². The first-order valence-corrected chi connectivity index (χ1v) is 7.37. The number of nitrogens with zero attached hydrogens (tertiary/aromatic N) is 1. The number of methoxy groups -OCH3 is 1. The van der Waals surface area contributed by atoms with Gasteiger partial charge in [0.05, 0.1) is 12.0 Å². The smallest absolute Gasteiger partial charge is 0.308 e. The molecule has 0 radical (unpaired) electrons. The molecule has 0 atom stereocenters. The van der Waals surface area contributed by atoms with Crippen molar-refractivity contribution in [2.75, 3.05) is 7.11 Å². The van der Waals surface area contributed by atoms with Crippen molar-refractivity contribution in [3.63, 3.8) is 0 Å². The van der Waals surface area contributed by atoms with Gasteiger partial charge in [0.2, 0.25) is 5.91 Å². The molecule has 0 saturated carbocycles. The molecular formula is C15H14N2O5S. The highest BCUT2D eigenvalue weighted by Gasteiger charge is 2.22. The summed E-state index contributed by atoms with van der Waals surface area (Å²) in [5.74, 6) is -0.554. The highest BCUT2D eigenvalue weighted by atomic mass is 32.2. The highest BCUT2D eigenvalue weighted by Crippen LogP contribution is 2.32. The SMILES string of the molecule is COc1ccc(/C=C2/SC(NC(C)=O)=NC2=O)cc1OC(C)=O. The second kappa shape index (κ2) is 7.10. The molecule has 1 aromatic carbocycles. The molecule has 0 unspecified atom stereocenters. The number of benzene rings is 1. The number of nitrogens with one attached hydrogen (secondary N) is 1. The predicted molar refractivity (Wildman–Crippen MR) is 86.1 cm³/mol. The Hall–Kier alpha value is -2.61. The number of amidine groups is 1. The van der Waals surface area contributed by atoms with Crippen molar-refractivity contribution in [1.82, 2.24) is 5.32 Å². The van der Waals surface area contributed by atoms with Crippen molar-refractivity contribution >= 4 is 40.8 Å². The van der Waals surface area contributed by atoms with Gasteiger partial charge in [-0.05, 0) is 35.5 Å². The number of carbonyl (C=O) groups excluding carboxylic acids is 3. The summed E-state index contributed by atoms with van der Waals surface area (Å²) in [6, 6.07) is 4.92. The molecule has 0 aromatic heterocycles. The van der Waals surface area contributed by atoms with Gasteiger partial charge in [-0.15, -0.1) is 0 Å². The molecule has 2 rings (SSSR count). The molecule has 7 nitrogen and oxygen atoms in total. The number of aliphatic imine (C=N–C) groups is 1. The Labute approximate surface area is 136 Å². The van der Waals surface area contributed by atoms with Crippen LogP contribution in [0.25, 0.3) is 6.08 Å². The molecule has 0 saturated heterocycles. The van der Waals surface area contributed by atoms with Crippen LogP contribution >= 0.6 is 11.8 Å². The first kappa shape index (κ1) is 16.8. The van der Waals surface area contributed by atoms with Gasteiger partial charge in [-0.3, -0.25) is 14.4 Å². The van der Waals surface area contributed by atoms with Crippen molar-refractivity contribution in [3.05, 3.63) is 28.7 Å². The molecule has 0 bridgehead atoms. The minimum atomic E-state index is -0.476. The van der Waals surface area contributed by atoms with Crippen LogP contribution in [0.2, 0.25) is 0 Å². The van der Waals surface area contributed by atoms with E-state index in [2.05, 4.69) is 10.3 Å². The molecule has 1 aromatic rings. The van der Waals surface area contributed by atoms with E-state index in [4.69, 9.17) is 9.47 Å². The molecule has 1 aliphatic heterocycles. The normalized spacial score (nSPS) is 15.3. The number of esters is 1. The maximum absolute atomic E-state index is 11.8. The zero-order chi connectivity index (χ0) is 17.0. The van der Waals surface area contributed by atoms with Crippen LogP contribution in [0.4, 0.5) is 0 Å². The first-order chi connectivity index (χ1) is 10.9. The average Bonchev–Trinajstić information content (AvgIpc) is 2.77. The molecule has 1 aliphatic rings. The lowest BCUT2D eigenvalue weighted by molar-refractivity contribution is -0.132. The second-order valence-electron chi connectivity index (χ2n) is 4.52. The van der Waals surface area contributed by atoms with E-state index in [0.29, 0.717) is 16.2 Å². The van der Waals surface area contributed by atoms with E-state index in [-0.39, 0.29) is 16.8 Å². The Morgan fingerprint density at radius 3 is 2.61 bits per heavy atom. The second-order valence-corrected chi connectivity index (χ2v) is 5.55. The van der Waals surface area contributed by atoms with Crippen LogP contribution in [0.3, 0.4) is 0 Å². The molecule has 2 amide bonds. The summed E-state index contributed by atoms with van der Waals surface area (Å²) >= 11 is 1.06. The van der Waals surface area contributed by atoms with E-state index in [1.807, 2.05) is 0 Å². The number of hydrogen-bond acceptors (Lipinski definition) is 6. The lowest BCUT2D eigenvalue weighted by Gasteiger charge is -2.08. The molecule has 120 valence electrons. The van der Waals surface area contributed by atoms with Gasteiger partial charge in [0.1, 0.15) is 0 Å². The van der Waals surface area contributed by atoms with Crippen molar-refractivity contribution in [2.24, 2.45) is 4.99 Å². The fourth-order valence-corrected chi connectivity index (χ4v) is 2.64. The van der Waals surface area contributed by atoms with Crippen LogP contribution in [0, 0.1) is 0 Å². The van der Waals surface area contributed by atoms with Gasteiger partial charge >= 0.3 is 5.97 Å². The van der Waals surface area contributed by atoms with Gasteiger partial charge in [-0.1, -0.05) is 6.07 Å². The summed E-state index contributed by atoms with van der Waals surface area (Å²) in [5.41, 5.74) is 0.636. The summed E-state index contributed by atoms with van der Waals surface area (Å²) < 4.78 is 10.2. The fraction of sp³-hybridized carbons (Fsp3) is 0.200. The molecule has 0 spiro atoms. The van der Waals surface area contributed by atoms with E-state index >= 15 is 0 Å². The minimum Gasteiger partial charge on any atom is -0.493 e. The van der Waals surface area contributed by atoms with Crippen LogP contribution in [-0.2, 0) is 14.4 Å². The molecule has 8 heteroatoms. The maximum Gasteiger partial charge on any atom is 0.308 e. The van der Waals surface area contributed by atoms with Crippen molar-refractivity contribution < 1.29 is 23.9 Å². The highest BCUT2D eigenvalue weighted by molar-refractivity contribution is 8.18. The number of carbonyl (C=O) groups is 3. The third-order valence-corrected chi connectivity index (χ3v) is 3.54. The van der Waals surface area contributed by atoms with Crippen LogP contribution in [-0.4, -0.2) is 30.1 Å². The zero-order valence-electron chi connectivity index (χ0n) is 12.7. The van der Waals surface area contributed by atoms with Gasteiger partial charge in [0.25, 0.3) is 5.91 Å². The summed E-state index contributed by atoms with van der Waals surface area (Å²) in [6.45, 7) is 2.62. The fourth-order valence-electron chi connectivity index (χ4n) is 1.78. The largest absolute Gasteiger partial charge is 0.493 e. The van der Waals surface area contributed by atoms with Crippen molar-refractivity contribution in [1.29, 1.82) is 0 Å². The van der Waals surface area contributed by atoms with E-state index in [1.165, 1.54) is 21.0 Å². The first-order valence-electron chi connectivity index (χ1n) is 6.55. The average molecular weight is 334 g/mol. The Bertz CT molecular complexity index is 739. The topological polar surface area (TPSA) is 94.1 Å². The van der Waals surface area contributed by atoms with Crippen LogP contribution in [0.5, 0.6) is 11.5 Å². The lowest BCUT2D eigenvalue weighted by atomic mass is 10.2. The minimum absolute atomic E-state index is 0.238. The number of ether oxygens (including phenoxy) is 2. The quantitative estimate of drug-likeness (QED) is 0.514. The third-order valence-electron chi connectivity index (χ3n) is 2.64. The van der Waals surface area contributed by atoms with Crippen LogP contribution in [0.1, 0.15) is 19.4 Å². The van der Waals surface area contributed by atoms with Gasteiger partial charge < -0.3 is 14.8 Å². The Balaban J connectivity index is 2.25. The van der Waals surface area contributed by atoms with Gasteiger partial charge in [0, 0.05) is 13.8 Å². The number of rotatable bonds is 3. The Kier molecular flexibility index (Phi) is 5.17. The van der Waals surface area contributed by atoms with Gasteiger partial charge in [-0.25, -0.2) is 0 Å². The summed E-state index contributed by atoms with van der Waals surface area (Å²) in [6.07, 6.45) is 1.59. The van der Waals surface area contributed by atoms with E-state index in [0.717, 1.165) is 11.8 Å². The predicted octanol–water partition coefficient (Wildman–Crippen LogP) is 1.73. The van der Waals surface area contributed by atoms with E-state index in [9.17, 15) is 14.4 Å². The lowest BCUT2D eigenvalue weighted by Crippen LogP contribution is -2.23. The molecule has 0 aliphatic carbocycles. The van der Waals surface area contributed by atoms with Crippen molar-refractivity contribution in [2.45, 2.75) is 13.8 Å². The summed E-state index contributed by atoms with van der Waals surface area (Å²) in [5, 5.41) is 2.71. The maximum atomic E-state index is 11.8. The molecule has 0 fully saturated rings. The molecule has 1 N–H and O–H groups in total. The summed E-state index contributed by atoms with van der Waals surface area (Å²) in [7, 11) is 1.46. The summed E-state index contributed by atoms with van der Waals surface area (Å²) in [4.78, 5) is 38.0. The van der Waals surface area contributed by atoms with Crippen LogP contribution < -0.4 is 14.8 Å². The Morgan fingerprint density at radius 2 is 2.00 bits per heavy atom. The van der Waals surface area contributed by atoms with E-state index < -0.39 is 11.9 Å². The molecular weight excluding hydrogens is 320 g/mol. The molecule has 23 heavy (non-hydrogen) atoms. The molecule has 1 heterocycles. The number of thioether (sulfide) groups is 1. The van der Waals surface area contributed by atoms with Gasteiger partial charge in [0.15, 0.2) is 16.7 Å².